The summed E-state index contributed by atoms with van der Waals surface area (Å²) >= 11 is 0. The molecule has 0 radical (unpaired) electrons. The Morgan fingerprint density at radius 2 is 1.92 bits per heavy atom. The summed E-state index contributed by atoms with van der Waals surface area (Å²) in [4.78, 5) is 7.40. The van der Waals surface area contributed by atoms with Gasteiger partial charge < -0.3 is 14.6 Å². The predicted octanol–water partition coefficient (Wildman–Crippen LogP) is 3.74. The normalized spacial score (nSPS) is 21.0. The van der Waals surface area contributed by atoms with Gasteiger partial charge in [-0.25, -0.2) is 4.98 Å². The third-order valence-corrected chi connectivity index (χ3v) is 5.54. The van der Waals surface area contributed by atoms with Crippen molar-refractivity contribution in [1.82, 2.24) is 15.2 Å². The van der Waals surface area contributed by atoms with Crippen molar-refractivity contribution in [2.45, 2.75) is 38.5 Å². The lowest BCUT2D eigenvalue weighted by molar-refractivity contribution is 0.160. The maximum absolute atomic E-state index is 6.09. The second-order valence-corrected chi connectivity index (χ2v) is 7.24. The monoisotopic (exact) mass is 349 g/mol. The van der Waals surface area contributed by atoms with Crippen molar-refractivity contribution >= 4 is 23.5 Å². The lowest BCUT2D eigenvalue weighted by atomic mass is 9.93. The third kappa shape index (κ3) is 3.76. The Labute approximate surface area is 150 Å². The molecule has 4 rings (SSSR count). The first kappa shape index (κ1) is 17.7. The molecule has 3 heterocycles. The number of rotatable bonds is 3. The van der Waals surface area contributed by atoms with E-state index in [-0.39, 0.29) is 12.4 Å². The van der Waals surface area contributed by atoms with Crippen molar-refractivity contribution < 1.29 is 4.42 Å². The Kier molecular flexibility index (Phi) is 5.80. The SMILES string of the molecule is Cc1cccc2nc(C3CCN(CC4CCNCC4)CC3)oc12.Cl. The van der Waals surface area contributed by atoms with E-state index in [0.717, 1.165) is 22.9 Å². The zero-order valence-electron chi connectivity index (χ0n) is 14.5. The molecule has 2 saturated heterocycles. The topological polar surface area (TPSA) is 41.3 Å². The van der Waals surface area contributed by atoms with Crippen molar-refractivity contribution in [3.05, 3.63) is 29.7 Å². The molecule has 0 spiro atoms. The van der Waals surface area contributed by atoms with Gasteiger partial charge in [-0.05, 0) is 76.3 Å². The average molecular weight is 350 g/mol. The van der Waals surface area contributed by atoms with E-state index in [1.54, 1.807) is 0 Å². The first-order chi connectivity index (χ1) is 11.3. The number of nitrogens with zero attached hydrogens (tertiary/aromatic N) is 2. The molecule has 2 aliphatic rings. The van der Waals surface area contributed by atoms with Crippen LogP contribution in [0.2, 0.25) is 0 Å². The van der Waals surface area contributed by atoms with Gasteiger partial charge in [-0.3, -0.25) is 0 Å². The fourth-order valence-electron chi connectivity index (χ4n) is 4.07. The minimum absolute atomic E-state index is 0. The fraction of sp³-hybridized carbons (Fsp3) is 0.632. The number of para-hydroxylation sites is 1. The number of aryl methyl sites for hydroxylation is 1. The lowest BCUT2D eigenvalue weighted by Gasteiger charge is -2.34. The van der Waals surface area contributed by atoms with Gasteiger partial charge in [-0.1, -0.05) is 12.1 Å². The Morgan fingerprint density at radius 3 is 2.62 bits per heavy atom. The minimum atomic E-state index is 0. The molecule has 2 fully saturated rings. The third-order valence-electron chi connectivity index (χ3n) is 5.54. The van der Waals surface area contributed by atoms with Gasteiger partial charge in [0.15, 0.2) is 11.5 Å². The standard InChI is InChI=1S/C19H27N3O.ClH/c1-14-3-2-4-17-18(14)23-19(21-17)16-7-11-22(12-8-16)13-15-5-9-20-10-6-15;/h2-4,15-16,20H,5-13H2,1H3;1H. The molecule has 1 aromatic heterocycles. The van der Waals surface area contributed by atoms with Crippen LogP contribution in [-0.2, 0) is 0 Å². The molecule has 1 N–H and O–H groups in total. The van der Waals surface area contributed by atoms with Crippen molar-refractivity contribution in [3.8, 4) is 0 Å². The molecule has 2 aliphatic heterocycles. The summed E-state index contributed by atoms with van der Waals surface area (Å²) in [6.07, 6.45) is 5.03. The highest BCUT2D eigenvalue weighted by Crippen LogP contribution is 2.31. The Morgan fingerprint density at radius 1 is 1.17 bits per heavy atom. The highest BCUT2D eigenvalue weighted by molar-refractivity contribution is 5.85. The molecule has 1 aromatic carbocycles. The van der Waals surface area contributed by atoms with Crippen LogP contribution < -0.4 is 5.32 Å². The summed E-state index contributed by atoms with van der Waals surface area (Å²) in [6, 6.07) is 6.21. The summed E-state index contributed by atoms with van der Waals surface area (Å²) in [5.74, 6) is 2.33. The predicted molar refractivity (Wildman–Crippen MR) is 100 cm³/mol. The van der Waals surface area contributed by atoms with Crippen molar-refractivity contribution in [1.29, 1.82) is 0 Å². The van der Waals surface area contributed by atoms with Crippen LogP contribution in [0.25, 0.3) is 11.1 Å². The molecule has 2 aromatic rings. The van der Waals surface area contributed by atoms with Crippen LogP contribution in [0, 0.1) is 12.8 Å². The van der Waals surface area contributed by atoms with E-state index < -0.39 is 0 Å². The molecule has 4 nitrogen and oxygen atoms in total. The highest BCUT2D eigenvalue weighted by Gasteiger charge is 2.26. The lowest BCUT2D eigenvalue weighted by Crippen LogP contribution is -2.39. The molecular weight excluding hydrogens is 322 g/mol. The summed E-state index contributed by atoms with van der Waals surface area (Å²) in [5, 5.41) is 3.46. The summed E-state index contributed by atoms with van der Waals surface area (Å²) in [7, 11) is 0. The summed E-state index contributed by atoms with van der Waals surface area (Å²) < 4.78 is 6.09. The molecule has 0 saturated carbocycles. The number of halogens is 1. The van der Waals surface area contributed by atoms with E-state index in [4.69, 9.17) is 9.40 Å². The average Bonchev–Trinajstić information content (AvgIpc) is 3.02. The van der Waals surface area contributed by atoms with Gasteiger partial charge in [0, 0.05) is 12.5 Å². The fourth-order valence-corrected chi connectivity index (χ4v) is 4.07. The van der Waals surface area contributed by atoms with E-state index in [0.29, 0.717) is 5.92 Å². The van der Waals surface area contributed by atoms with Gasteiger partial charge in [0.25, 0.3) is 0 Å². The smallest absolute Gasteiger partial charge is 0.198 e. The van der Waals surface area contributed by atoms with E-state index >= 15 is 0 Å². The number of likely N-dealkylation sites (tertiary alicyclic amines) is 1. The van der Waals surface area contributed by atoms with Crippen molar-refractivity contribution in [3.63, 3.8) is 0 Å². The quantitative estimate of drug-likeness (QED) is 0.916. The van der Waals surface area contributed by atoms with Crippen LogP contribution in [0.4, 0.5) is 0 Å². The van der Waals surface area contributed by atoms with E-state index in [2.05, 4.69) is 35.3 Å². The van der Waals surface area contributed by atoms with Crippen LogP contribution in [0.5, 0.6) is 0 Å². The second kappa shape index (κ2) is 7.85. The number of aromatic nitrogens is 1. The van der Waals surface area contributed by atoms with Gasteiger partial charge in [0.2, 0.25) is 0 Å². The number of oxazole rings is 1. The number of hydrogen-bond donors (Lipinski definition) is 1. The van der Waals surface area contributed by atoms with Crippen LogP contribution in [0.15, 0.2) is 22.6 Å². The van der Waals surface area contributed by atoms with Crippen LogP contribution in [-0.4, -0.2) is 42.6 Å². The molecule has 0 amide bonds. The van der Waals surface area contributed by atoms with Gasteiger partial charge >= 0.3 is 0 Å². The largest absolute Gasteiger partial charge is 0.440 e. The van der Waals surface area contributed by atoms with Crippen molar-refractivity contribution in [2.75, 3.05) is 32.7 Å². The zero-order valence-corrected chi connectivity index (χ0v) is 15.3. The molecule has 132 valence electrons. The molecule has 0 unspecified atom stereocenters. The van der Waals surface area contributed by atoms with Crippen LogP contribution in [0.1, 0.15) is 43.1 Å². The first-order valence-electron chi connectivity index (χ1n) is 9.09. The molecule has 0 bridgehead atoms. The Balaban J connectivity index is 0.00000169. The molecule has 0 atom stereocenters. The molecule has 0 aliphatic carbocycles. The van der Waals surface area contributed by atoms with Gasteiger partial charge in [-0.15, -0.1) is 12.4 Å². The van der Waals surface area contributed by atoms with Crippen molar-refractivity contribution in [2.24, 2.45) is 5.92 Å². The minimum Gasteiger partial charge on any atom is -0.440 e. The molecular formula is C19H28ClN3O. The van der Waals surface area contributed by atoms with Gasteiger partial charge in [-0.2, -0.15) is 0 Å². The number of hydrogen-bond acceptors (Lipinski definition) is 4. The summed E-state index contributed by atoms with van der Waals surface area (Å²) in [6.45, 7) is 8.14. The molecule has 24 heavy (non-hydrogen) atoms. The highest BCUT2D eigenvalue weighted by atomic mass is 35.5. The zero-order chi connectivity index (χ0) is 15.6. The number of nitrogens with one attached hydrogen (secondary N) is 1. The van der Waals surface area contributed by atoms with E-state index in [9.17, 15) is 0 Å². The number of benzene rings is 1. The Bertz CT molecular complexity index is 658. The van der Waals surface area contributed by atoms with E-state index in [1.807, 2.05) is 0 Å². The van der Waals surface area contributed by atoms with E-state index in [1.165, 1.54) is 64.0 Å². The number of fused-ring (bicyclic) bond motifs is 1. The van der Waals surface area contributed by atoms with Crippen LogP contribution in [0.3, 0.4) is 0 Å². The summed E-state index contributed by atoms with van der Waals surface area (Å²) in [5.41, 5.74) is 3.17. The first-order valence-corrected chi connectivity index (χ1v) is 9.09. The maximum Gasteiger partial charge on any atom is 0.198 e. The number of piperidine rings is 2. The van der Waals surface area contributed by atoms with Gasteiger partial charge in [0.05, 0.1) is 0 Å². The van der Waals surface area contributed by atoms with Crippen LogP contribution >= 0.6 is 12.4 Å². The van der Waals surface area contributed by atoms with Gasteiger partial charge in [0.1, 0.15) is 5.52 Å². The Hall–Kier alpha value is -1.10. The maximum atomic E-state index is 6.09. The second-order valence-electron chi connectivity index (χ2n) is 7.24. The molecule has 5 heteroatoms.